The third-order valence-electron chi connectivity index (χ3n) is 1.79. The van der Waals surface area contributed by atoms with Crippen LogP contribution in [-0.2, 0) is 4.74 Å². The van der Waals surface area contributed by atoms with E-state index in [1.54, 1.807) is 6.07 Å². The molecule has 2 nitrogen and oxygen atoms in total. The molecule has 0 amide bonds. The van der Waals surface area contributed by atoms with Crippen molar-refractivity contribution in [1.82, 2.24) is 0 Å². The largest absolute Gasteiger partial charge is 0.383 e. The van der Waals surface area contributed by atoms with Crippen LogP contribution in [0.3, 0.4) is 0 Å². The van der Waals surface area contributed by atoms with Gasteiger partial charge in [-0.3, -0.25) is 0 Å². The van der Waals surface area contributed by atoms with Crippen LogP contribution >= 0.6 is 23.2 Å². The average Bonchev–Trinajstić information content (AvgIpc) is 2.16. The van der Waals surface area contributed by atoms with E-state index in [1.165, 1.54) is 0 Å². The number of nitrogens with one attached hydrogen (secondary N) is 1. The highest BCUT2D eigenvalue weighted by Gasteiger charge is 1.97. The normalized spacial score (nSPS) is 10.3. The summed E-state index contributed by atoms with van der Waals surface area (Å²) in [5.74, 6) is 0. The first kappa shape index (κ1) is 12.6. The molecule has 0 aliphatic carbocycles. The first-order chi connectivity index (χ1) is 7.22. The monoisotopic (exact) mass is 247 g/mol. The highest BCUT2D eigenvalue weighted by atomic mass is 35.5. The minimum Gasteiger partial charge on any atom is -0.383 e. The lowest BCUT2D eigenvalue weighted by Crippen LogP contribution is -2.09. The number of anilines is 1. The average molecular weight is 248 g/mol. The Labute approximate surface area is 101 Å². The number of ether oxygens (including phenoxy) is 1. The van der Waals surface area contributed by atoms with Crippen molar-refractivity contribution < 1.29 is 4.74 Å². The van der Waals surface area contributed by atoms with Crippen LogP contribution in [0.5, 0.6) is 0 Å². The molecule has 0 aromatic heterocycles. The van der Waals surface area contributed by atoms with Gasteiger partial charge in [-0.15, -0.1) is 0 Å². The van der Waals surface area contributed by atoms with Crippen LogP contribution in [0.15, 0.2) is 18.2 Å². The molecular weight excluding hydrogens is 233 g/mol. The molecular formula is C11H15Cl2NO. The Morgan fingerprint density at radius 2 is 1.80 bits per heavy atom. The number of rotatable bonds is 6. The van der Waals surface area contributed by atoms with E-state index in [0.717, 1.165) is 25.3 Å². The number of hydrogen-bond donors (Lipinski definition) is 1. The molecule has 0 heterocycles. The molecule has 1 aromatic rings. The van der Waals surface area contributed by atoms with Crippen molar-refractivity contribution >= 4 is 28.9 Å². The van der Waals surface area contributed by atoms with E-state index in [4.69, 9.17) is 27.9 Å². The molecule has 0 saturated carbocycles. The minimum absolute atomic E-state index is 0.638. The molecule has 84 valence electrons. The fourth-order valence-corrected chi connectivity index (χ4v) is 1.70. The fraction of sp³-hybridized carbons (Fsp3) is 0.455. The summed E-state index contributed by atoms with van der Waals surface area (Å²) in [6.45, 7) is 4.34. The molecule has 0 bridgehead atoms. The van der Waals surface area contributed by atoms with Crippen LogP contribution in [0, 0.1) is 0 Å². The highest BCUT2D eigenvalue weighted by Crippen LogP contribution is 2.22. The lowest BCUT2D eigenvalue weighted by molar-refractivity contribution is 0.144. The SMILES string of the molecule is CCCOCCNc1cc(Cl)cc(Cl)c1. The van der Waals surface area contributed by atoms with Gasteiger partial charge in [-0.25, -0.2) is 0 Å². The van der Waals surface area contributed by atoms with E-state index in [9.17, 15) is 0 Å². The molecule has 0 spiro atoms. The standard InChI is InChI=1S/C11H15Cl2NO/c1-2-4-15-5-3-14-11-7-9(12)6-10(13)8-11/h6-8,14H,2-5H2,1H3. The van der Waals surface area contributed by atoms with Gasteiger partial charge in [0.25, 0.3) is 0 Å². The van der Waals surface area contributed by atoms with Gasteiger partial charge in [0.15, 0.2) is 0 Å². The second-order valence-corrected chi connectivity index (χ2v) is 4.07. The summed E-state index contributed by atoms with van der Waals surface area (Å²) >= 11 is 11.7. The number of benzene rings is 1. The second-order valence-electron chi connectivity index (χ2n) is 3.20. The second kappa shape index (κ2) is 6.94. The Hall–Kier alpha value is -0.440. The van der Waals surface area contributed by atoms with Crippen molar-refractivity contribution in [3.63, 3.8) is 0 Å². The molecule has 1 rings (SSSR count). The van der Waals surface area contributed by atoms with Crippen LogP contribution < -0.4 is 5.32 Å². The van der Waals surface area contributed by atoms with Crippen molar-refractivity contribution in [2.45, 2.75) is 13.3 Å². The molecule has 4 heteroatoms. The quantitative estimate of drug-likeness (QED) is 0.772. The van der Waals surface area contributed by atoms with Crippen LogP contribution in [0.2, 0.25) is 10.0 Å². The van der Waals surface area contributed by atoms with Crippen LogP contribution in [-0.4, -0.2) is 19.8 Å². The molecule has 0 aliphatic rings. The van der Waals surface area contributed by atoms with Gasteiger partial charge in [-0.05, 0) is 24.6 Å². The summed E-state index contributed by atoms with van der Waals surface area (Å²) in [5, 5.41) is 4.47. The van der Waals surface area contributed by atoms with Gasteiger partial charge in [-0.1, -0.05) is 30.1 Å². The molecule has 0 aliphatic heterocycles. The zero-order chi connectivity index (χ0) is 11.1. The molecule has 0 atom stereocenters. The summed E-state index contributed by atoms with van der Waals surface area (Å²) in [7, 11) is 0. The summed E-state index contributed by atoms with van der Waals surface area (Å²) in [6.07, 6.45) is 1.04. The van der Waals surface area contributed by atoms with Gasteiger partial charge in [0, 0.05) is 28.9 Å². The smallest absolute Gasteiger partial charge is 0.0639 e. The Balaban J connectivity index is 2.31. The van der Waals surface area contributed by atoms with Crippen LogP contribution in [0.1, 0.15) is 13.3 Å². The maximum atomic E-state index is 5.86. The third-order valence-corrected chi connectivity index (χ3v) is 2.22. The Morgan fingerprint density at radius 1 is 1.13 bits per heavy atom. The van der Waals surface area contributed by atoms with E-state index in [1.807, 2.05) is 12.1 Å². The van der Waals surface area contributed by atoms with Gasteiger partial charge in [0.1, 0.15) is 0 Å². The third kappa shape index (κ3) is 5.26. The molecule has 0 radical (unpaired) electrons. The van der Waals surface area contributed by atoms with E-state index in [0.29, 0.717) is 16.7 Å². The fourth-order valence-electron chi connectivity index (χ4n) is 1.17. The molecule has 15 heavy (non-hydrogen) atoms. The summed E-state index contributed by atoms with van der Waals surface area (Å²) in [6, 6.07) is 5.39. The van der Waals surface area contributed by atoms with Crippen LogP contribution in [0.4, 0.5) is 5.69 Å². The highest BCUT2D eigenvalue weighted by molar-refractivity contribution is 6.35. The van der Waals surface area contributed by atoms with Crippen molar-refractivity contribution in [1.29, 1.82) is 0 Å². The number of halogens is 2. The van der Waals surface area contributed by atoms with Gasteiger partial charge in [0.2, 0.25) is 0 Å². The zero-order valence-electron chi connectivity index (χ0n) is 8.72. The van der Waals surface area contributed by atoms with E-state index in [-0.39, 0.29) is 0 Å². The first-order valence-corrected chi connectivity index (χ1v) is 5.75. The predicted molar refractivity (Wildman–Crippen MR) is 66.1 cm³/mol. The van der Waals surface area contributed by atoms with Gasteiger partial charge in [0.05, 0.1) is 6.61 Å². The van der Waals surface area contributed by atoms with Gasteiger partial charge >= 0.3 is 0 Å². The number of hydrogen-bond acceptors (Lipinski definition) is 2. The van der Waals surface area contributed by atoms with E-state index in [2.05, 4.69) is 12.2 Å². The lowest BCUT2D eigenvalue weighted by Gasteiger charge is -2.07. The molecule has 0 saturated heterocycles. The van der Waals surface area contributed by atoms with Gasteiger partial charge in [-0.2, -0.15) is 0 Å². The maximum absolute atomic E-state index is 5.86. The van der Waals surface area contributed by atoms with Crippen LogP contribution in [0.25, 0.3) is 0 Å². The Bertz CT molecular complexity index is 284. The Morgan fingerprint density at radius 3 is 2.40 bits per heavy atom. The topological polar surface area (TPSA) is 21.3 Å². The Kier molecular flexibility index (Phi) is 5.84. The zero-order valence-corrected chi connectivity index (χ0v) is 10.2. The summed E-state index contributed by atoms with van der Waals surface area (Å²) < 4.78 is 5.34. The maximum Gasteiger partial charge on any atom is 0.0639 e. The van der Waals surface area contributed by atoms with Crippen molar-refractivity contribution in [2.24, 2.45) is 0 Å². The molecule has 0 fully saturated rings. The molecule has 0 unspecified atom stereocenters. The summed E-state index contributed by atoms with van der Waals surface area (Å²) in [5.41, 5.74) is 0.924. The summed E-state index contributed by atoms with van der Waals surface area (Å²) in [4.78, 5) is 0. The lowest BCUT2D eigenvalue weighted by atomic mass is 10.3. The molecule has 1 aromatic carbocycles. The van der Waals surface area contributed by atoms with Crippen molar-refractivity contribution in [2.75, 3.05) is 25.1 Å². The first-order valence-electron chi connectivity index (χ1n) is 5.00. The van der Waals surface area contributed by atoms with Crippen molar-refractivity contribution in [3.8, 4) is 0 Å². The van der Waals surface area contributed by atoms with E-state index < -0.39 is 0 Å². The van der Waals surface area contributed by atoms with E-state index >= 15 is 0 Å². The van der Waals surface area contributed by atoms with Gasteiger partial charge < -0.3 is 10.1 Å². The minimum atomic E-state index is 0.638. The predicted octanol–water partition coefficient (Wildman–Crippen LogP) is 3.83. The molecule has 1 N–H and O–H groups in total. The van der Waals surface area contributed by atoms with Crippen molar-refractivity contribution in [3.05, 3.63) is 28.2 Å².